The largest absolute Gasteiger partial charge is 0.342 e. The first kappa shape index (κ1) is 16.0. The highest BCUT2D eigenvalue weighted by Crippen LogP contribution is 2.31. The van der Waals surface area contributed by atoms with E-state index in [0.29, 0.717) is 11.6 Å². The second-order valence-corrected chi connectivity index (χ2v) is 6.59. The Kier molecular flexibility index (Phi) is 4.95. The number of amides is 1. The molecule has 1 atom stereocenters. The Bertz CT molecular complexity index is 681. The SMILES string of the molecule is CSc1ncccc1C(=O)N[C@@H](C)c1nncn1C1CCCC1. The number of carbonyl (C=O) groups excluding carboxylic acids is 1. The molecule has 122 valence electrons. The molecule has 3 rings (SSSR count). The van der Waals surface area contributed by atoms with Gasteiger partial charge in [-0.25, -0.2) is 4.98 Å². The van der Waals surface area contributed by atoms with E-state index in [1.54, 1.807) is 24.7 Å². The second kappa shape index (κ2) is 7.12. The van der Waals surface area contributed by atoms with Crippen LogP contribution in [0.15, 0.2) is 29.7 Å². The lowest BCUT2D eigenvalue weighted by Crippen LogP contribution is -2.29. The molecule has 0 aromatic carbocycles. The highest BCUT2D eigenvalue weighted by atomic mass is 32.2. The molecule has 23 heavy (non-hydrogen) atoms. The number of hydrogen-bond acceptors (Lipinski definition) is 5. The minimum Gasteiger partial charge on any atom is -0.342 e. The van der Waals surface area contributed by atoms with Crippen molar-refractivity contribution in [1.82, 2.24) is 25.1 Å². The zero-order chi connectivity index (χ0) is 16.2. The topological polar surface area (TPSA) is 72.7 Å². The average molecular weight is 331 g/mol. The smallest absolute Gasteiger partial charge is 0.254 e. The minimum atomic E-state index is -0.194. The number of pyridine rings is 1. The molecule has 1 N–H and O–H groups in total. The van der Waals surface area contributed by atoms with E-state index >= 15 is 0 Å². The number of hydrogen-bond donors (Lipinski definition) is 1. The standard InChI is InChI=1S/C16H21N5OS/c1-11(14-20-18-10-21(14)12-6-3-4-7-12)19-15(22)13-8-5-9-17-16(13)23-2/h5,8-12H,3-4,6-7H2,1-2H3,(H,19,22)/t11-/m0/s1. The molecule has 6 nitrogen and oxygen atoms in total. The van der Waals surface area contributed by atoms with Crippen molar-refractivity contribution in [3.8, 4) is 0 Å². The van der Waals surface area contributed by atoms with E-state index in [1.807, 2.05) is 13.2 Å². The van der Waals surface area contributed by atoms with Gasteiger partial charge < -0.3 is 9.88 Å². The van der Waals surface area contributed by atoms with Crippen molar-refractivity contribution in [3.63, 3.8) is 0 Å². The van der Waals surface area contributed by atoms with Gasteiger partial charge in [0.05, 0.1) is 11.6 Å². The van der Waals surface area contributed by atoms with Crippen LogP contribution in [0.3, 0.4) is 0 Å². The van der Waals surface area contributed by atoms with Crippen LogP contribution in [-0.4, -0.2) is 31.9 Å². The summed E-state index contributed by atoms with van der Waals surface area (Å²) >= 11 is 1.47. The molecule has 7 heteroatoms. The first-order valence-electron chi connectivity index (χ1n) is 7.90. The molecule has 0 aliphatic heterocycles. The van der Waals surface area contributed by atoms with Crippen LogP contribution >= 0.6 is 11.8 Å². The zero-order valence-corrected chi connectivity index (χ0v) is 14.2. The fourth-order valence-corrected chi connectivity index (χ4v) is 3.64. The molecule has 0 saturated heterocycles. The molecule has 2 aromatic rings. The van der Waals surface area contributed by atoms with E-state index in [2.05, 4.69) is 25.1 Å². The molecule has 2 heterocycles. The fraction of sp³-hybridized carbons (Fsp3) is 0.500. The van der Waals surface area contributed by atoms with Gasteiger partial charge in [-0.3, -0.25) is 4.79 Å². The Hall–Kier alpha value is -1.89. The van der Waals surface area contributed by atoms with Gasteiger partial charge in [-0.05, 0) is 38.2 Å². The van der Waals surface area contributed by atoms with Crippen molar-refractivity contribution >= 4 is 17.7 Å². The first-order chi connectivity index (χ1) is 11.2. The molecule has 1 fully saturated rings. The van der Waals surface area contributed by atoms with Crippen molar-refractivity contribution < 1.29 is 4.79 Å². The van der Waals surface area contributed by atoms with E-state index in [0.717, 1.165) is 23.7 Å². The van der Waals surface area contributed by atoms with E-state index in [1.165, 1.54) is 24.6 Å². The number of thioether (sulfide) groups is 1. The van der Waals surface area contributed by atoms with Crippen LogP contribution in [0.2, 0.25) is 0 Å². The number of rotatable bonds is 5. The molecular weight excluding hydrogens is 310 g/mol. The van der Waals surface area contributed by atoms with Gasteiger partial charge in [-0.2, -0.15) is 0 Å². The molecule has 2 aromatic heterocycles. The van der Waals surface area contributed by atoms with Crippen LogP contribution < -0.4 is 5.32 Å². The summed E-state index contributed by atoms with van der Waals surface area (Å²) in [6.45, 7) is 1.95. The van der Waals surface area contributed by atoms with Gasteiger partial charge >= 0.3 is 0 Å². The third-order valence-electron chi connectivity index (χ3n) is 4.26. The summed E-state index contributed by atoms with van der Waals surface area (Å²) in [5, 5.41) is 12.0. The molecule has 0 spiro atoms. The normalized spacial score (nSPS) is 16.4. The average Bonchev–Trinajstić information content (AvgIpc) is 3.25. The van der Waals surface area contributed by atoms with Gasteiger partial charge in [0.1, 0.15) is 11.4 Å². The highest BCUT2D eigenvalue weighted by Gasteiger charge is 2.24. The summed E-state index contributed by atoms with van der Waals surface area (Å²) in [7, 11) is 0. The maximum atomic E-state index is 12.5. The van der Waals surface area contributed by atoms with Crippen LogP contribution in [-0.2, 0) is 0 Å². The Labute approximate surface area is 140 Å². The highest BCUT2D eigenvalue weighted by molar-refractivity contribution is 7.98. The minimum absolute atomic E-state index is 0.129. The quantitative estimate of drug-likeness (QED) is 0.853. The van der Waals surface area contributed by atoms with Gasteiger partial charge in [0.15, 0.2) is 5.82 Å². The monoisotopic (exact) mass is 331 g/mol. The molecule has 1 amide bonds. The van der Waals surface area contributed by atoms with Crippen molar-refractivity contribution in [1.29, 1.82) is 0 Å². The summed E-state index contributed by atoms with van der Waals surface area (Å²) in [6.07, 6.45) is 10.2. The maximum Gasteiger partial charge on any atom is 0.254 e. The van der Waals surface area contributed by atoms with Crippen LogP contribution in [0.4, 0.5) is 0 Å². The van der Waals surface area contributed by atoms with E-state index < -0.39 is 0 Å². The molecule has 1 aliphatic rings. The van der Waals surface area contributed by atoms with Gasteiger partial charge in [0.25, 0.3) is 5.91 Å². The van der Waals surface area contributed by atoms with E-state index in [9.17, 15) is 4.79 Å². The predicted molar refractivity (Wildman–Crippen MR) is 89.4 cm³/mol. The van der Waals surface area contributed by atoms with Crippen LogP contribution in [0.25, 0.3) is 0 Å². The molecule has 0 unspecified atom stereocenters. The van der Waals surface area contributed by atoms with Gasteiger partial charge in [0, 0.05) is 12.2 Å². The third kappa shape index (κ3) is 3.39. The number of carbonyl (C=O) groups is 1. The Morgan fingerprint density at radius 1 is 1.43 bits per heavy atom. The predicted octanol–water partition coefficient (Wildman–Crippen LogP) is 3.00. The molecule has 0 radical (unpaired) electrons. The lowest BCUT2D eigenvalue weighted by atomic mass is 10.2. The summed E-state index contributed by atoms with van der Waals surface area (Å²) < 4.78 is 2.12. The molecule has 0 bridgehead atoms. The lowest BCUT2D eigenvalue weighted by molar-refractivity contribution is 0.0933. The molecule has 1 aliphatic carbocycles. The van der Waals surface area contributed by atoms with Crippen molar-refractivity contribution in [2.24, 2.45) is 0 Å². The first-order valence-corrected chi connectivity index (χ1v) is 9.12. The van der Waals surface area contributed by atoms with Gasteiger partial charge in [-0.15, -0.1) is 22.0 Å². The van der Waals surface area contributed by atoms with Crippen LogP contribution in [0.1, 0.15) is 60.9 Å². The Morgan fingerprint density at radius 2 is 2.22 bits per heavy atom. The zero-order valence-electron chi connectivity index (χ0n) is 13.4. The number of aromatic nitrogens is 4. The van der Waals surface area contributed by atoms with Gasteiger partial charge in [0.2, 0.25) is 0 Å². The lowest BCUT2D eigenvalue weighted by Gasteiger charge is -2.19. The van der Waals surface area contributed by atoms with Crippen LogP contribution in [0.5, 0.6) is 0 Å². The van der Waals surface area contributed by atoms with E-state index in [4.69, 9.17) is 0 Å². The maximum absolute atomic E-state index is 12.5. The second-order valence-electron chi connectivity index (χ2n) is 5.79. The van der Waals surface area contributed by atoms with E-state index in [-0.39, 0.29) is 11.9 Å². The third-order valence-corrected chi connectivity index (χ3v) is 4.97. The summed E-state index contributed by atoms with van der Waals surface area (Å²) in [5.41, 5.74) is 0.596. The van der Waals surface area contributed by atoms with Crippen molar-refractivity contribution in [3.05, 3.63) is 36.0 Å². The van der Waals surface area contributed by atoms with Crippen molar-refractivity contribution in [2.75, 3.05) is 6.26 Å². The van der Waals surface area contributed by atoms with Gasteiger partial charge in [-0.1, -0.05) is 12.8 Å². The fourth-order valence-electron chi connectivity index (χ4n) is 3.09. The summed E-state index contributed by atoms with van der Waals surface area (Å²) in [6, 6.07) is 3.84. The number of nitrogens with zero attached hydrogens (tertiary/aromatic N) is 4. The Balaban J connectivity index is 1.75. The summed E-state index contributed by atoms with van der Waals surface area (Å²) in [5.74, 6) is 0.691. The van der Waals surface area contributed by atoms with Crippen molar-refractivity contribution in [2.45, 2.75) is 49.7 Å². The molecular formula is C16H21N5OS. The Morgan fingerprint density at radius 3 is 2.96 bits per heavy atom. The molecule has 1 saturated carbocycles. The summed E-state index contributed by atoms with van der Waals surface area (Å²) in [4.78, 5) is 16.8. The number of nitrogens with one attached hydrogen (secondary N) is 1. The van der Waals surface area contributed by atoms with Crippen LogP contribution in [0, 0.1) is 0 Å².